The quantitative estimate of drug-likeness (QED) is 0.319. The van der Waals surface area contributed by atoms with Crippen LogP contribution in [0.25, 0.3) is 0 Å². The highest BCUT2D eigenvalue weighted by Gasteiger charge is 2.34. The van der Waals surface area contributed by atoms with Crippen molar-refractivity contribution >= 4 is 37.5 Å². The minimum Gasteiger partial charge on any atom is -0.466 e. The number of esters is 1. The minimum absolute atomic E-state index is 0.0132. The number of hydrogen-bond acceptors (Lipinski definition) is 9. The lowest BCUT2D eigenvalue weighted by Crippen LogP contribution is -2.48. The number of rotatable bonds is 10. The van der Waals surface area contributed by atoms with Crippen LogP contribution in [0, 0.1) is 5.92 Å². The summed E-state index contributed by atoms with van der Waals surface area (Å²) >= 11 is 0. The van der Waals surface area contributed by atoms with Crippen molar-refractivity contribution in [3.05, 3.63) is 54.1 Å². The third-order valence-corrected chi connectivity index (χ3v) is 10.9. The highest BCUT2D eigenvalue weighted by Crippen LogP contribution is 2.26. The molecule has 2 heterocycles. The van der Waals surface area contributed by atoms with Gasteiger partial charge in [0, 0.05) is 37.4 Å². The highest BCUT2D eigenvalue weighted by atomic mass is 32.2. The second-order valence-electron chi connectivity index (χ2n) is 10.3. The third-order valence-electron chi connectivity index (χ3n) is 7.20. The summed E-state index contributed by atoms with van der Waals surface area (Å²) < 4.78 is 66.0. The van der Waals surface area contributed by atoms with Crippen molar-refractivity contribution in [2.24, 2.45) is 5.92 Å². The van der Waals surface area contributed by atoms with Gasteiger partial charge in [0.05, 0.1) is 41.1 Å². The second-order valence-corrected chi connectivity index (χ2v) is 14.2. The first-order valence-corrected chi connectivity index (χ1v) is 16.6. The fourth-order valence-electron chi connectivity index (χ4n) is 5.08. The average Bonchev–Trinajstić information content (AvgIpc) is 2.96. The van der Waals surface area contributed by atoms with Gasteiger partial charge in [-0.15, -0.1) is 0 Å². The molecule has 0 spiro atoms. The Bertz CT molecular complexity index is 1440. The standard InChI is InChI=1S/C28H37N3O8S2/c1-4-38-28(33)22-12-14-30(15-13-22)41(36,37)26-7-5-6-23(16-26)27(32)17-29-24-8-10-25(11-9-24)40(34,35)31-18-20(2)39-21(3)19-31/h5-11,16,20-22,29H,4,12-15,17-19H2,1-3H3. The summed E-state index contributed by atoms with van der Waals surface area (Å²) in [6.07, 6.45) is 0.367. The molecule has 41 heavy (non-hydrogen) atoms. The number of nitrogens with zero attached hydrogens (tertiary/aromatic N) is 2. The predicted molar refractivity (Wildman–Crippen MR) is 153 cm³/mol. The van der Waals surface area contributed by atoms with Gasteiger partial charge in [-0.2, -0.15) is 8.61 Å². The van der Waals surface area contributed by atoms with Gasteiger partial charge in [0.25, 0.3) is 0 Å². The average molecular weight is 608 g/mol. The molecular formula is C28H37N3O8S2. The van der Waals surface area contributed by atoms with Crippen LogP contribution >= 0.6 is 0 Å². The van der Waals surface area contributed by atoms with Crippen LogP contribution in [0.4, 0.5) is 5.69 Å². The molecule has 13 heteroatoms. The summed E-state index contributed by atoms with van der Waals surface area (Å²) in [5.74, 6) is -0.945. The van der Waals surface area contributed by atoms with Crippen molar-refractivity contribution < 1.29 is 35.9 Å². The molecule has 0 radical (unpaired) electrons. The third kappa shape index (κ3) is 7.33. The number of Topliss-reactive ketones (excluding diaryl/α,β-unsaturated/α-hetero) is 1. The number of anilines is 1. The van der Waals surface area contributed by atoms with Crippen LogP contribution in [0.15, 0.2) is 58.3 Å². The number of ether oxygens (including phenoxy) is 2. The lowest BCUT2D eigenvalue weighted by atomic mass is 9.98. The molecule has 2 aliphatic rings. The van der Waals surface area contributed by atoms with Gasteiger partial charge in [0.1, 0.15) is 0 Å². The van der Waals surface area contributed by atoms with Crippen molar-refractivity contribution in [2.75, 3.05) is 44.6 Å². The van der Waals surface area contributed by atoms with Gasteiger partial charge in [-0.1, -0.05) is 12.1 Å². The number of benzene rings is 2. The van der Waals surface area contributed by atoms with Crippen molar-refractivity contribution in [1.82, 2.24) is 8.61 Å². The zero-order chi connectivity index (χ0) is 29.8. The van der Waals surface area contributed by atoms with Crippen LogP contribution in [-0.2, 0) is 34.3 Å². The molecule has 2 atom stereocenters. The van der Waals surface area contributed by atoms with E-state index in [1.807, 2.05) is 13.8 Å². The maximum Gasteiger partial charge on any atom is 0.309 e. The van der Waals surface area contributed by atoms with Gasteiger partial charge in [-0.05, 0) is 70.0 Å². The zero-order valence-corrected chi connectivity index (χ0v) is 25.1. The number of nitrogens with one attached hydrogen (secondary N) is 1. The van der Waals surface area contributed by atoms with Gasteiger partial charge in [0.15, 0.2) is 5.78 Å². The Hall–Kier alpha value is -2.84. The van der Waals surface area contributed by atoms with Gasteiger partial charge in [-0.3, -0.25) is 9.59 Å². The molecule has 0 aliphatic carbocycles. The van der Waals surface area contributed by atoms with Crippen molar-refractivity contribution in [2.45, 2.75) is 55.6 Å². The molecule has 0 amide bonds. The first-order valence-electron chi connectivity index (χ1n) is 13.7. The summed E-state index contributed by atoms with van der Waals surface area (Å²) in [5.41, 5.74) is 0.781. The smallest absolute Gasteiger partial charge is 0.309 e. The van der Waals surface area contributed by atoms with Crippen LogP contribution in [0.2, 0.25) is 0 Å². The number of carbonyl (C=O) groups excluding carboxylic acids is 2. The minimum atomic E-state index is -3.84. The molecule has 2 fully saturated rings. The van der Waals surface area contributed by atoms with E-state index >= 15 is 0 Å². The van der Waals surface area contributed by atoms with Crippen molar-refractivity contribution in [3.8, 4) is 0 Å². The molecule has 1 N–H and O–H groups in total. The van der Waals surface area contributed by atoms with Crippen LogP contribution in [0.5, 0.6) is 0 Å². The molecule has 0 saturated carbocycles. The number of sulfonamides is 2. The van der Waals surface area contributed by atoms with Gasteiger partial charge in [-0.25, -0.2) is 16.8 Å². The maximum absolute atomic E-state index is 13.2. The van der Waals surface area contributed by atoms with E-state index in [0.29, 0.717) is 18.5 Å². The molecule has 2 aromatic carbocycles. The van der Waals surface area contributed by atoms with E-state index in [0.717, 1.165) is 0 Å². The monoisotopic (exact) mass is 607 g/mol. The number of carbonyl (C=O) groups is 2. The van der Waals surface area contributed by atoms with Crippen molar-refractivity contribution in [3.63, 3.8) is 0 Å². The Morgan fingerprint density at radius 1 is 0.902 bits per heavy atom. The molecular weight excluding hydrogens is 570 g/mol. The van der Waals surface area contributed by atoms with E-state index in [1.54, 1.807) is 25.1 Å². The van der Waals surface area contributed by atoms with E-state index in [2.05, 4.69) is 5.32 Å². The Balaban J connectivity index is 1.36. The Labute approximate surface area is 241 Å². The summed E-state index contributed by atoms with van der Waals surface area (Å²) in [4.78, 5) is 25.1. The fraction of sp³-hybridized carbons (Fsp3) is 0.500. The molecule has 0 bridgehead atoms. The van der Waals surface area contributed by atoms with E-state index in [4.69, 9.17) is 9.47 Å². The molecule has 2 saturated heterocycles. The molecule has 2 aromatic rings. The van der Waals surface area contributed by atoms with Crippen LogP contribution in [0.1, 0.15) is 44.0 Å². The number of hydrogen-bond donors (Lipinski definition) is 1. The summed E-state index contributed by atoms with van der Waals surface area (Å²) in [7, 11) is -7.52. The lowest BCUT2D eigenvalue weighted by Gasteiger charge is -2.34. The van der Waals surface area contributed by atoms with E-state index in [1.165, 1.54) is 38.9 Å². The molecule has 2 unspecified atom stereocenters. The van der Waals surface area contributed by atoms with Crippen LogP contribution in [-0.4, -0.2) is 88.7 Å². The van der Waals surface area contributed by atoms with Gasteiger partial charge < -0.3 is 14.8 Å². The first-order chi connectivity index (χ1) is 19.4. The lowest BCUT2D eigenvalue weighted by molar-refractivity contribution is -0.149. The molecule has 224 valence electrons. The predicted octanol–water partition coefficient (Wildman–Crippen LogP) is 2.74. The first kappa shape index (κ1) is 31.1. The molecule has 0 aromatic heterocycles. The Morgan fingerprint density at radius 2 is 1.51 bits per heavy atom. The fourth-order valence-corrected chi connectivity index (χ4v) is 8.18. The summed E-state index contributed by atoms with van der Waals surface area (Å²) in [6.45, 7) is 6.53. The molecule has 4 rings (SSSR count). The van der Waals surface area contributed by atoms with Crippen LogP contribution in [0.3, 0.4) is 0 Å². The number of ketones is 1. The van der Waals surface area contributed by atoms with Crippen molar-refractivity contribution in [1.29, 1.82) is 0 Å². The number of piperidine rings is 1. The molecule has 11 nitrogen and oxygen atoms in total. The second kappa shape index (κ2) is 13.0. The SMILES string of the molecule is CCOC(=O)C1CCN(S(=O)(=O)c2cccc(C(=O)CNc3ccc(S(=O)(=O)N4CC(C)OC(C)C4)cc3)c2)CC1. The van der Waals surface area contributed by atoms with Crippen LogP contribution < -0.4 is 5.32 Å². The summed E-state index contributed by atoms with van der Waals surface area (Å²) in [5, 5.41) is 2.98. The van der Waals surface area contributed by atoms with Gasteiger partial charge >= 0.3 is 5.97 Å². The van der Waals surface area contributed by atoms with E-state index in [9.17, 15) is 26.4 Å². The normalized spacial score (nSPS) is 21.3. The topological polar surface area (TPSA) is 139 Å². The maximum atomic E-state index is 13.2. The highest BCUT2D eigenvalue weighted by molar-refractivity contribution is 7.89. The Morgan fingerprint density at radius 3 is 2.12 bits per heavy atom. The molecule has 2 aliphatic heterocycles. The Kier molecular flexibility index (Phi) is 9.85. The number of morpholine rings is 1. The summed E-state index contributed by atoms with van der Waals surface area (Å²) in [6, 6.07) is 12.1. The van der Waals surface area contributed by atoms with Gasteiger partial charge in [0.2, 0.25) is 20.0 Å². The largest absolute Gasteiger partial charge is 0.466 e. The zero-order valence-electron chi connectivity index (χ0n) is 23.5. The van der Waals surface area contributed by atoms with E-state index in [-0.39, 0.29) is 84.6 Å². The van der Waals surface area contributed by atoms with E-state index < -0.39 is 20.0 Å².